The van der Waals surface area contributed by atoms with Crippen LogP contribution < -0.4 is 20.2 Å². The van der Waals surface area contributed by atoms with Crippen molar-refractivity contribution >= 4 is 61.8 Å². The van der Waals surface area contributed by atoms with Crippen molar-refractivity contribution in [2.24, 2.45) is 5.10 Å². The molecule has 0 saturated heterocycles. The molecule has 0 bridgehead atoms. The number of ether oxygens (including phenoxy) is 2. The van der Waals surface area contributed by atoms with E-state index in [1.165, 1.54) is 36.8 Å². The van der Waals surface area contributed by atoms with Crippen molar-refractivity contribution < 1.29 is 18.7 Å². The van der Waals surface area contributed by atoms with Crippen LogP contribution in [0.15, 0.2) is 99.9 Å². The molecule has 1 heterocycles. The van der Waals surface area contributed by atoms with Crippen LogP contribution in [0.5, 0.6) is 11.5 Å². The van der Waals surface area contributed by atoms with E-state index in [-0.39, 0.29) is 18.3 Å². The number of hydrogen-bond donors (Lipinski definition) is 2. The number of nitrogens with zero attached hydrogens (tertiary/aromatic N) is 2. The largest absolute Gasteiger partial charge is 0.493 e. The summed E-state index contributed by atoms with van der Waals surface area (Å²) in [6, 6.07) is 24.1. The lowest BCUT2D eigenvalue weighted by Gasteiger charge is -2.13. The van der Waals surface area contributed by atoms with Crippen molar-refractivity contribution in [2.45, 2.75) is 6.61 Å². The zero-order valence-corrected chi connectivity index (χ0v) is 25.3. The first-order valence-corrected chi connectivity index (χ1v) is 14.6. The minimum atomic E-state index is -0.355. The van der Waals surface area contributed by atoms with Crippen molar-refractivity contribution in [1.82, 2.24) is 10.4 Å². The number of hydrazone groups is 1. The van der Waals surface area contributed by atoms with Crippen LogP contribution >= 0.6 is 38.9 Å². The molecule has 0 saturated carbocycles. The second-order valence-electron chi connectivity index (χ2n) is 8.90. The van der Waals surface area contributed by atoms with Crippen molar-refractivity contribution in [2.75, 3.05) is 12.4 Å². The molecular weight excluding hydrogens is 643 g/mol. The summed E-state index contributed by atoms with van der Waals surface area (Å²) in [7, 11) is 1.53. The second-order valence-corrected chi connectivity index (χ2v) is 11.0. The molecule has 4 aromatic carbocycles. The highest BCUT2D eigenvalue weighted by Gasteiger charge is 2.12. The van der Waals surface area contributed by atoms with Crippen LogP contribution in [-0.2, 0) is 6.61 Å². The standard InChI is InChI=1S/C31H23BrClFN4O3S/c1-40-28-15-20(14-26(32)29(28)41-17-19-2-10-24(34)11-3-19)16-35-38-30(39)22-6-4-21(5-7-22)27-18-42-31(37-27)36-25-12-8-23(33)9-13-25/h2-16,18H,17H2,1H3,(H,36,37)(H,38,39)/b35-16-. The number of methoxy groups -OCH3 is 1. The molecule has 212 valence electrons. The van der Waals surface area contributed by atoms with Gasteiger partial charge in [-0.3, -0.25) is 4.79 Å². The van der Waals surface area contributed by atoms with Gasteiger partial charge in [-0.05, 0) is 87.7 Å². The van der Waals surface area contributed by atoms with Gasteiger partial charge < -0.3 is 14.8 Å². The van der Waals surface area contributed by atoms with Gasteiger partial charge in [0.25, 0.3) is 5.91 Å². The topological polar surface area (TPSA) is 84.8 Å². The Hall–Kier alpha value is -4.25. The van der Waals surface area contributed by atoms with Gasteiger partial charge in [0.15, 0.2) is 16.6 Å². The van der Waals surface area contributed by atoms with Crippen LogP contribution in [0.4, 0.5) is 15.2 Å². The molecule has 0 atom stereocenters. The fraction of sp³-hybridized carbons (Fsp3) is 0.0645. The number of carbonyl (C=O) groups excluding carboxylic acids is 1. The number of carbonyl (C=O) groups is 1. The normalized spacial score (nSPS) is 11.0. The van der Waals surface area contributed by atoms with Crippen LogP contribution in [-0.4, -0.2) is 24.2 Å². The minimum absolute atomic E-state index is 0.238. The number of rotatable bonds is 10. The van der Waals surface area contributed by atoms with E-state index >= 15 is 0 Å². The predicted molar refractivity (Wildman–Crippen MR) is 169 cm³/mol. The van der Waals surface area contributed by atoms with E-state index in [0.717, 1.165) is 27.6 Å². The molecule has 42 heavy (non-hydrogen) atoms. The summed E-state index contributed by atoms with van der Waals surface area (Å²) in [6.07, 6.45) is 1.51. The molecule has 5 rings (SSSR count). The van der Waals surface area contributed by atoms with Crippen molar-refractivity contribution in [3.8, 4) is 22.8 Å². The molecule has 5 aromatic rings. The first-order valence-electron chi connectivity index (χ1n) is 12.5. The summed E-state index contributed by atoms with van der Waals surface area (Å²) < 4.78 is 25.2. The molecule has 1 amide bonds. The Morgan fingerprint density at radius 3 is 2.52 bits per heavy atom. The molecule has 0 radical (unpaired) electrons. The average molecular weight is 666 g/mol. The maximum absolute atomic E-state index is 13.2. The number of aromatic nitrogens is 1. The molecule has 0 fully saturated rings. The number of thiazole rings is 1. The van der Waals surface area contributed by atoms with Gasteiger partial charge >= 0.3 is 0 Å². The van der Waals surface area contributed by atoms with Gasteiger partial charge in [-0.2, -0.15) is 5.10 Å². The van der Waals surface area contributed by atoms with Crippen LogP contribution in [0.25, 0.3) is 11.3 Å². The Kier molecular flexibility index (Phi) is 9.48. The zero-order valence-electron chi connectivity index (χ0n) is 22.1. The molecule has 1 aromatic heterocycles. The van der Waals surface area contributed by atoms with E-state index in [2.05, 4.69) is 36.8 Å². The lowest BCUT2D eigenvalue weighted by Crippen LogP contribution is -2.17. The Labute approximate surface area is 259 Å². The fourth-order valence-corrected chi connectivity index (χ4v) is 5.27. The van der Waals surface area contributed by atoms with Crippen LogP contribution in [0.3, 0.4) is 0 Å². The highest BCUT2D eigenvalue weighted by atomic mass is 79.9. The average Bonchev–Trinajstić information content (AvgIpc) is 3.47. The number of benzene rings is 4. The van der Waals surface area contributed by atoms with Crippen molar-refractivity contribution in [1.29, 1.82) is 0 Å². The predicted octanol–water partition coefficient (Wildman–Crippen LogP) is 8.46. The highest BCUT2D eigenvalue weighted by molar-refractivity contribution is 9.10. The summed E-state index contributed by atoms with van der Waals surface area (Å²) in [6.45, 7) is 0.238. The summed E-state index contributed by atoms with van der Waals surface area (Å²) in [5, 5.41) is 10.7. The molecule has 0 unspecified atom stereocenters. The summed E-state index contributed by atoms with van der Waals surface area (Å²) >= 11 is 10.9. The van der Waals surface area contributed by atoms with Gasteiger partial charge in [-0.15, -0.1) is 11.3 Å². The van der Waals surface area contributed by atoms with Crippen molar-refractivity contribution in [3.63, 3.8) is 0 Å². The Morgan fingerprint density at radius 2 is 1.81 bits per heavy atom. The van der Waals surface area contributed by atoms with Gasteiger partial charge in [-0.25, -0.2) is 14.8 Å². The lowest BCUT2D eigenvalue weighted by molar-refractivity contribution is 0.0955. The Bertz CT molecular complexity index is 1710. The SMILES string of the molecule is COc1cc(/C=N\NC(=O)c2ccc(-c3csc(Nc4ccc(Cl)cc4)n3)cc2)cc(Br)c1OCc1ccc(F)cc1. The summed E-state index contributed by atoms with van der Waals surface area (Å²) in [4.78, 5) is 17.3. The molecular formula is C31H23BrClFN4O3S. The number of nitrogens with one attached hydrogen (secondary N) is 2. The minimum Gasteiger partial charge on any atom is -0.493 e. The lowest BCUT2D eigenvalue weighted by atomic mass is 10.1. The molecule has 7 nitrogen and oxygen atoms in total. The molecule has 0 aliphatic rings. The third-order valence-electron chi connectivity index (χ3n) is 5.97. The van der Waals surface area contributed by atoms with E-state index in [1.807, 2.05) is 41.8 Å². The third-order valence-corrected chi connectivity index (χ3v) is 7.57. The Morgan fingerprint density at radius 1 is 1.07 bits per heavy atom. The third kappa shape index (κ3) is 7.52. The summed E-state index contributed by atoms with van der Waals surface area (Å²) in [5.74, 6) is 0.310. The molecule has 0 spiro atoms. The van der Waals surface area contributed by atoms with E-state index in [9.17, 15) is 9.18 Å². The first kappa shape index (κ1) is 29.2. The smallest absolute Gasteiger partial charge is 0.271 e. The Balaban J connectivity index is 1.18. The number of anilines is 2. The molecule has 0 aliphatic carbocycles. The van der Waals surface area contributed by atoms with Gasteiger partial charge in [-0.1, -0.05) is 35.9 Å². The van der Waals surface area contributed by atoms with Gasteiger partial charge in [0.05, 0.1) is 23.5 Å². The monoisotopic (exact) mass is 664 g/mol. The van der Waals surface area contributed by atoms with Crippen molar-refractivity contribution in [3.05, 3.63) is 122 Å². The molecule has 2 N–H and O–H groups in total. The van der Waals surface area contributed by atoms with Crippen LogP contribution in [0.1, 0.15) is 21.5 Å². The zero-order chi connectivity index (χ0) is 29.5. The molecule has 0 aliphatic heterocycles. The van der Waals surface area contributed by atoms with E-state index in [1.54, 1.807) is 36.4 Å². The van der Waals surface area contributed by atoms with E-state index in [4.69, 9.17) is 21.1 Å². The molecule has 11 heteroatoms. The van der Waals surface area contributed by atoms with E-state index in [0.29, 0.717) is 32.1 Å². The van der Waals surface area contributed by atoms with Crippen LogP contribution in [0, 0.1) is 5.82 Å². The highest BCUT2D eigenvalue weighted by Crippen LogP contribution is 2.37. The fourth-order valence-electron chi connectivity index (χ4n) is 3.83. The van der Waals surface area contributed by atoms with Crippen LogP contribution in [0.2, 0.25) is 5.02 Å². The van der Waals surface area contributed by atoms with Gasteiger partial charge in [0.1, 0.15) is 12.4 Å². The first-order chi connectivity index (χ1) is 20.4. The number of amides is 1. The van der Waals surface area contributed by atoms with E-state index < -0.39 is 0 Å². The number of halogens is 3. The maximum Gasteiger partial charge on any atom is 0.271 e. The number of hydrogen-bond acceptors (Lipinski definition) is 7. The maximum atomic E-state index is 13.2. The van der Waals surface area contributed by atoms with Gasteiger partial charge in [0.2, 0.25) is 0 Å². The quantitative estimate of drug-likeness (QED) is 0.116. The van der Waals surface area contributed by atoms with Gasteiger partial charge in [0, 0.05) is 27.2 Å². The summed E-state index contributed by atoms with van der Waals surface area (Å²) in [5.41, 5.74) is 7.06. The second kappa shape index (κ2) is 13.6.